The Morgan fingerprint density at radius 2 is 1.86 bits per heavy atom. The van der Waals surface area contributed by atoms with Crippen LogP contribution in [-0.2, 0) is 6.54 Å². The predicted octanol–water partition coefficient (Wildman–Crippen LogP) is 4.18. The van der Waals surface area contributed by atoms with E-state index in [9.17, 15) is 18.9 Å². The Morgan fingerprint density at radius 1 is 1.19 bits per heavy atom. The SMILES string of the molecule is CC(C)CCCC(C)NCc1cc([N+](=O)[O-])c(F)cc1F. The molecule has 1 rings (SSSR count). The molecule has 0 fully saturated rings. The Balaban J connectivity index is 2.58. The van der Waals surface area contributed by atoms with Crippen molar-refractivity contribution in [2.75, 3.05) is 0 Å². The predicted molar refractivity (Wildman–Crippen MR) is 78.0 cm³/mol. The number of rotatable bonds is 8. The lowest BCUT2D eigenvalue weighted by Crippen LogP contribution is -2.26. The van der Waals surface area contributed by atoms with E-state index in [-0.39, 0.29) is 18.2 Å². The van der Waals surface area contributed by atoms with Crippen molar-refractivity contribution in [1.29, 1.82) is 0 Å². The van der Waals surface area contributed by atoms with E-state index in [1.165, 1.54) is 0 Å². The van der Waals surface area contributed by atoms with Crippen molar-refractivity contribution in [2.45, 2.75) is 52.6 Å². The first-order valence-electron chi connectivity index (χ1n) is 7.17. The molecule has 0 aliphatic rings. The van der Waals surface area contributed by atoms with E-state index in [4.69, 9.17) is 0 Å². The summed E-state index contributed by atoms with van der Waals surface area (Å²) in [4.78, 5) is 9.81. The molecular formula is C15H22F2N2O2. The molecule has 1 N–H and O–H groups in total. The van der Waals surface area contributed by atoms with Crippen LogP contribution >= 0.6 is 0 Å². The lowest BCUT2D eigenvalue weighted by Gasteiger charge is -2.15. The molecule has 0 bridgehead atoms. The zero-order valence-corrected chi connectivity index (χ0v) is 12.7. The number of nitrogens with zero attached hydrogens (tertiary/aromatic N) is 1. The summed E-state index contributed by atoms with van der Waals surface area (Å²) < 4.78 is 26.8. The molecule has 6 heteroatoms. The Kier molecular flexibility index (Phi) is 6.68. The number of hydrogen-bond donors (Lipinski definition) is 1. The van der Waals surface area contributed by atoms with Crippen LogP contribution in [0, 0.1) is 27.7 Å². The minimum Gasteiger partial charge on any atom is -0.310 e. The molecule has 21 heavy (non-hydrogen) atoms. The molecule has 1 atom stereocenters. The van der Waals surface area contributed by atoms with Gasteiger partial charge in [-0.2, -0.15) is 4.39 Å². The standard InChI is InChI=1S/C15H22F2N2O2/c1-10(2)5-4-6-11(3)18-9-12-7-15(19(20)21)14(17)8-13(12)16/h7-8,10-11,18H,4-6,9H2,1-3H3. The molecule has 0 aliphatic heterocycles. The normalized spacial score (nSPS) is 12.7. The minimum atomic E-state index is -1.15. The smallest absolute Gasteiger partial charge is 0.305 e. The third-order valence-electron chi connectivity index (χ3n) is 3.37. The summed E-state index contributed by atoms with van der Waals surface area (Å²) in [6, 6.07) is 1.70. The minimum absolute atomic E-state index is 0.110. The Labute approximate surface area is 123 Å². The number of nitro groups is 1. The number of halogens is 2. The van der Waals surface area contributed by atoms with Gasteiger partial charge in [0.25, 0.3) is 0 Å². The van der Waals surface area contributed by atoms with E-state index in [0.29, 0.717) is 12.0 Å². The molecule has 0 heterocycles. The van der Waals surface area contributed by atoms with Crippen molar-refractivity contribution in [1.82, 2.24) is 5.32 Å². The van der Waals surface area contributed by atoms with Gasteiger partial charge in [-0.3, -0.25) is 10.1 Å². The van der Waals surface area contributed by atoms with Gasteiger partial charge in [-0.25, -0.2) is 4.39 Å². The number of benzene rings is 1. The molecule has 0 amide bonds. The fraction of sp³-hybridized carbons (Fsp3) is 0.600. The van der Waals surface area contributed by atoms with Gasteiger partial charge in [-0.05, 0) is 19.3 Å². The van der Waals surface area contributed by atoms with Crippen molar-refractivity contribution in [2.24, 2.45) is 5.92 Å². The van der Waals surface area contributed by atoms with Crippen LogP contribution < -0.4 is 5.32 Å². The van der Waals surface area contributed by atoms with Gasteiger partial charge in [0.15, 0.2) is 0 Å². The molecule has 1 aromatic carbocycles. The van der Waals surface area contributed by atoms with E-state index in [1.54, 1.807) is 0 Å². The number of hydrogen-bond acceptors (Lipinski definition) is 3. The maximum atomic E-state index is 13.6. The summed E-state index contributed by atoms with van der Waals surface area (Å²) in [6.07, 6.45) is 3.14. The number of nitro benzene ring substituents is 1. The maximum Gasteiger partial charge on any atom is 0.305 e. The molecule has 0 saturated carbocycles. The zero-order chi connectivity index (χ0) is 16.0. The van der Waals surface area contributed by atoms with Crippen molar-refractivity contribution in [3.05, 3.63) is 39.4 Å². The largest absolute Gasteiger partial charge is 0.310 e. The molecule has 0 aliphatic carbocycles. The highest BCUT2D eigenvalue weighted by Gasteiger charge is 2.18. The van der Waals surface area contributed by atoms with Gasteiger partial charge in [-0.15, -0.1) is 0 Å². The van der Waals surface area contributed by atoms with E-state index in [1.807, 2.05) is 6.92 Å². The van der Waals surface area contributed by atoms with Crippen LogP contribution in [0.4, 0.5) is 14.5 Å². The van der Waals surface area contributed by atoms with Crippen LogP contribution in [-0.4, -0.2) is 11.0 Å². The van der Waals surface area contributed by atoms with Crippen molar-refractivity contribution >= 4 is 5.69 Å². The second-order valence-corrected chi connectivity index (χ2v) is 5.76. The highest BCUT2D eigenvalue weighted by molar-refractivity contribution is 5.37. The average molecular weight is 300 g/mol. The Bertz CT molecular complexity index is 493. The summed E-state index contributed by atoms with van der Waals surface area (Å²) in [5, 5.41) is 13.8. The van der Waals surface area contributed by atoms with E-state index >= 15 is 0 Å². The second-order valence-electron chi connectivity index (χ2n) is 5.76. The van der Waals surface area contributed by atoms with Gasteiger partial charge in [0.2, 0.25) is 5.82 Å². The lowest BCUT2D eigenvalue weighted by atomic mass is 10.0. The molecular weight excluding hydrogens is 278 g/mol. The Hall–Kier alpha value is -1.56. The van der Waals surface area contributed by atoms with Crippen LogP contribution in [0.5, 0.6) is 0 Å². The summed E-state index contributed by atoms with van der Waals surface area (Å²) in [6.45, 7) is 6.45. The van der Waals surface area contributed by atoms with Crippen LogP contribution in [0.25, 0.3) is 0 Å². The second kappa shape index (κ2) is 8.02. The van der Waals surface area contributed by atoms with E-state index in [0.717, 1.165) is 25.3 Å². The molecule has 0 saturated heterocycles. The zero-order valence-electron chi connectivity index (χ0n) is 12.7. The Morgan fingerprint density at radius 3 is 2.43 bits per heavy atom. The van der Waals surface area contributed by atoms with Crippen molar-refractivity contribution < 1.29 is 13.7 Å². The third-order valence-corrected chi connectivity index (χ3v) is 3.37. The summed E-state index contributed by atoms with van der Waals surface area (Å²) in [5.41, 5.74) is -0.584. The molecule has 4 nitrogen and oxygen atoms in total. The first kappa shape index (κ1) is 17.5. The van der Waals surface area contributed by atoms with Crippen LogP contribution in [0.2, 0.25) is 0 Å². The molecule has 118 valence electrons. The lowest BCUT2D eigenvalue weighted by molar-refractivity contribution is -0.387. The topological polar surface area (TPSA) is 55.2 Å². The first-order valence-corrected chi connectivity index (χ1v) is 7.17. The van der Waals surface area contributed by atoms with Gasteiger partial charge in [0.1, 0.15) is 5.82 Å². The fourth-order valence-electron chi connectivity index (χ4n) is 2.07. The monoisotopic (exact) mass is 300 g/mol. The molecule has 0 spiro atoms. The quantitative estimate of drug-likeness (QED) is 0.579. The van der Waals surface area contributed by atoms with Crippen molar-refractivity contribution in [3.63, 3.8) is 0 Å². The number of nitrogens with one attached hydrogen (secondary N) is 1. The van der Waals surface area contributed by atoms with Crippen LogP contribution in [0.1, 0.15) is 45.6 Å². The van der Waals surface area contributed by atoms with Gasteiger partial charge < -0.3 is 5.32 Å². The molecule has 1 unspecified atom stereocenters. The molecule has 1 aromatic rings. The fourth-order valence-corrected chi connectivity index (χ4v) is 2.07. The summed E-state index contributed by atoms with van der Waals surface area (Å²) in [7, 11) is 0. The van der Waals surface area contributed by atoms with Gasteiger partial charge in [-0.1, -0.05) is 26.7 Å². The van der Waals surface area contributed by atoms with Crippen LogP contribution in [0.3, 0.4) is 0 Å². The van der Waals surface area contributed by atoms with E-state index < -0.39 is 22.2 Å². The average Bonchev–Trinajstić information content (AvgIpc) is 2.36. The molecule has 0 radical (unpaired) electrons. The molecule has 0 aromatic heterocycles. The van der Waals surface area contributed by atoms with Gasteiger partial charge in [0, 0.05) is 30.3 Å². The van der Waals surface area contributed by atoms with Crippen LogP contribution in [0.15, 0.2) is 12.1 Å². The third kappa shape index (κ3) is 5.75. The first-order chi connectivity index (χ1) is 9.81. The van der Waals surface area contributed by atoms with Crippen molar-refractivity contribution in [3.8, 4) is 0 Å². The summed E-state index contributed by atoms with van der Waals surface area (Å²) in [5.74, 6) is -1.26. The highest BCUT2D eigenvalue weighted by atomic mass is 19.1. The van der Waals surface area contributed by atoms with E-state index in [2.05, 4.69) is 19.2 Å². The van der Waals surface area contributed by atoms with Gasteiger partial charge >= 0.3 is 5.69 Å². The summed E-state index contributed by atoms with van der Waals surface area (Å²) >= 11 is 0. The maximum absolute atomic E-state index is 13.6. The highest BCUT2D eigenvalue weighted by Crippen LogP contribution is 2.21. The van der Waals surface area contributed by atoms with Gasteiger partial charge in [0.05, 0.1) is 4.92 Å².